The number of anilines is 1. The normalized spacial score (nSPS) is 13.7. The summed E-state index contributed by atoms with van der Waals surface area (Å²) in [7, 11) is 1.78. The topological polar surface area (TPSA) is 71.0 Å². The number of pyridine rings is 1. The summed E-state index contributed by atoms with van der Waals surface area (Å²) in [6.07, 6.45) is 9.83. The predicted molar refractivity (Wildman–Crippen MR) is 83.6 cm³/mol. The molecular formula is C16H19N5O. The molecule has 0 aliphatic heterocycles. The molecule has 0 radical (unpaired) electrons. The SMILES string of the molecule is CN(CCc1ccncc1)C(=O)c1cnc(NC2CC2)cn1. The van der Waals surface area contributed by atoms with Crippen molar-refractivity contribution in [1.82, 2.24) is 19.9 Å². The lowest BCUT2D eigenvalue weighted by Crippen LogP contribution is -2.29. The molecule has 2 aromatic rings. The number of carbonyl (C=O) groups is 1. The van der Waals surface area contributed by atoms with Crippen molar-refractivity contribution in [2.75, 3.05) is 18.9 Å². The summed E-state index contributed by atoms with van der Waals surface area (Å²) >= 11 is 0. The van der Waals surface area contributed by atoms with Crippen molar-refractivity contribution in [3.63, 3.8) is 0 Å². The van der Waals surface area contributed by atoms with Crippen LogP contribution in [-0.2, 0) is 6.42 Å². The highest BCUT2D eigenvalue weighted by molar-refractivity contribution is 5.91. The van der Waals surface area contributed by atoms with Crippen LogP contribution in [0.4, 0.5) is 5.82 Å². The van der Waals surface area contributed by atoms with Crippen molar-refractivity contribution in [1.29, 1.82) is 0 Å². The minimum atomic E-state index is -0.112. The van der Waals surface area contributed by atoms with Gasteiger partial charge in [0.15, 0.2) is 0 Å². The molecule has 1 aliphatic carbocycles. The Kier molecular flexibility index (Phi) is 4.27. The Balaban J connectivity index is 1.55. The Morgan fingerprint density at radius 3 is 2.68 bits per heavy atom. The number of nitrogens with one attached hydrogen (secondary N) is 1. The molecule has 1 amide bonds. The summed E-state index contributed by atoms with van der Waals surface area (Å²) in [5, 5.41) is 3.25. The molecule has 2 aromatic heterocycles. The Hall–Kier alpha value is -2.50. The first-order chi connectivity index (χ1) is 10.7. The second-order valence-corrected chi connectivity index (χ2v) is 5.54. The van der Waals surface area contributed by atoms with E-state index in [4.69, 9.17) is 0 Å². The van der Waals surface area contributed by atoms with Crippen molar-refractivity contribution < 1.29 is 4.79 Å². The molecule has 0 aromatic carbocycles. The first-order valence-electron chi connectivity index (χ1n) is 7.45. The number of amides is 1. The Labute approximate surface area is 129 Å². The van der Waals surface area contributed by atoms with Crippen molar-refractivity contribution >= 4 is 11.7 Å². The van der Waals surface area contributed by atoms with E-state index in [2.05, 4.69) is 20.3 Å². The van der Waals surface area contributed by atoms with Gasteiger partial charge in [0.25, 0.3) is 5.91 Å². The number of hydrogen-bond acceptors (Lipinski definition) is 5. The lowest BCUT2D eigenvalue weighted by molar-refractivity contribution is 0.0790. The van der Waals surface area contributed by atoms with Gasteiger partial charge in [0, 0.05) is 32.0 Å². The van der Waals surface area contributed by atoms with E-state index in [1.807, 2.05) is 12.1 Å². The van der Waals surface area contributed by atoms with E-state index in [1.54, 1.807) is 30.5 Å². The molecule has 1 fully saturated rings. The average molecular weight is 297 g/mol. The second kappa shape index (κ2) is 6.51. The molecule has 3 rings (SSSR count). The van der Waals surface area contributed by atoms with Gasteiger partial charge in [-0.3, -0.25) is 9.78 Å². The highest BCUT2D eigenvalue weighted by atomic mass is 16.2. The minimum absolute atomic E-state index is 0.112. The quantitative estimate of drug-likeness (QED) is 0.879. The molecule has 0 saturated heterocycles. The summed E-state index contributed by atoms with van der Waals surface area (Å²) in [6, 6.07) is 4.44. The van der Waals surface area contributed by atoms with E-state index in [0.29, 0.717) is 18.3 Å². The van der Waals surface area contributed by atoms with E-state index in [9.17, 15) is 4.79 Å². The average Bonchev–Trinajstić information content (AvgIpc) is 3.37. The number of likely N-dealkylation sites (N-methyl/N-ethyl adjacent to an activating group) is 1. The third-order valence-corrected chi connectivity index (χ3v) is 3.63. The number of nitrogens with zero attached hydrogens (tertiary/aromatic N) is 4. The highest BCUT2D eigenvalue weighted by Crippen LogP contribution is 2.23. The fourth-order valence-corrected chi connectivity index (χ4v) is 2.09. The Bertz CT molecular complexity index is 625. The van der Waals surface area contributed by atoms with E-state index in [0.717, 1.165) is 17.8 Å². The van der Waals surface area contributed by atoms with Crippen LogP contribution in [0.15, 0.2) is 36.9 Å². The molecule has 0 spiro atoms. The maximum Gasteiger partial charge on any atom is 0.273 e. The Morgan fingerprint density at radius 1 is 1.27 bits per heavy atom. The third-order valence-electron chi connectivity index (χ3n) is 3.63. The van der Waals surface area contributed by atoms with Gasteiger partial charge in [-0.15, -0.1) is 0 Å². The van der Waals surface area contributed by atoms with Crippen LogP contribution in [0.25, 0.3) is 0 Å². The maximum absolute atomic E-state index is 12.3. The molecule has 2 heterocycles. The van der Waals surface area contributed by atoms with Crippen LogP contribution >= 0.6 is 0 Å². The van der Waals surface area contributed by atoms with Crippen LogP contribution in [0.1, 0.15) is 28.9 Å². The van der Waals surface area contributed by atoms with Crippen molar-refractivity contribution in [3.05, 3.63) is 48.2 Å². The first kappa shape index (κ1) is 14.4. The summed E-state index contributed by atoms with van der Waals surface area (Å²) in [6.45, 7) is 0.632. The molecule has 1 N–H and O–H groups in total. The van der Waals surface area contributed by atoms with Crippen LogP contribution in [0, 0.1) is 0 Å². The van der Waals surface area contributed by atoms with Gasteiger partial charge in [0.2, 0.25) is 0 Å². The molecule has 6 heteroatoms. The van der Waals surface area contributed by atoms with Crippen LogP contribution in [0.5, 0.6) is 0 Å². The second-order valence-electron chi connectivity index (χ2n) is 5.54. The smallest absolute Gasteiger partial charge is 0.273 e. The van der Waals surface area contributed by atoms with Gasteiger partial charge in [0.1, 0.15) is 11.5 Å². The molecule has 0 unspecified atom stereocenters. The molecule has 0 bridgehead atoms. The fourth-order valence-electron chi connectivity index (χ4n) is 2.09. The van der Waals surface area contributed by atoms with Crippen LogP contribution in [-0.4, -0.2) is 45.4 Å². The number of rotatable bonds is 6. The summed E-state index contributed by atoms with van der Waals surface area (Å²) in [4.78, 5) is 26.4. The van der Waals surface area contributed by atoms with E-state index in [1.165, 1.54) is 19.0 Å². The third kappa shape index (κ3) is 3.78. The fraction of sp³-hybridized carbons (Fsp3) is 0.375. The maximum atomic E-state index is 12.3. The van der Waals surface area contributed by atoms with Crippen molar-refractivity contribution in [3.8, 4) is 0 Å². The molecule has 1 aliphatic rings. The zero-order valence-electron chi connectivity index (χ0n) is 12.6. The van der Waals surface area contributed by atoms with Crippen molar-refractivity contribution in [2.24, 2.45) is 0 Å². The van der Waals surface area contributed by atoms with E-state index in [-0.39, 0.29) is 5.91 Å². The van der Waals surface area contributed by atoms with Gasteiger partial charge in [-0.05, 0) is 37.0 Å². The summed E-state index contributed by atoms with van der Waals surface area (Å²) < 4.78 is 0. The van der Waals surface area contributed by atoms with E-state index < -0.39 is 0 Å². The summed E-state index contributed by atoms with van der Waals surface area (Å²) in [5.41, 5.74) is 1.53. The molecule has 0 atom stereocenters. The lowest BCUT2D eigenvalue weighted by Gasteiger charge is -2.16. The number of hydrogen-bond donors (Lipinski definition) is 1. The van der Waals surface area contributed by atoms with Crippen LogP contribution < -0.4 is 5.32 Å². The molecule has 6 nitrogen and oxygen atoms in total. The molecule has 22 heavy (non-hydrogen) atoms. The molecule has 114 valence electrons. The summed E-state index contributed by atoms with van der Waals surface area (Å²) in [5.74, 6) is 0.623. The van der Waals surface area contributed by atoms with Gasteiger partial charge < -0.3 is 10.2 Å². The zero-order valence-corrected chi connectivity index (χ0v) is 12.6. The van der Waals surface area contributed by atoms with Gasteiger partial charge in [-0.25, -0.2) is 9.97 Å². The monoisotopic (exact) mass is 297 g/mol. The van der Waals surface area contributed by atoms with E-state index >= 15 is 0 Å². The largest absolute Gasteiger partial charge is 0.366 e. The van der Waals surface area contributed by atoms with Crippen molar-refractivity contribution in [2.45, 2.75) is 25.3 Å². The highest BCUT2D eigenvalue weighted by Gasteiger charge is 2.21. The Morgan fingerprint density at radius 2 is 2.05 bits per heavy atom. The first-order valence-corrected chi connectivity index (χ1v) is 7.45. The van der Waals surface area contributed by atoms with Gasteiger partial charge in [0.05, 0.1) is 12.4 Å². The number of aromatic nitrogens is 3. The lowest BCUT2D eigenvalue weighted by atomic mass is 10.2. The number of carbonyl (C=O) groups excluding carboxylic acids is 1. The van der Waals surface area contributed by atoms with Crippen LogP contribution in [0.3, 0.4) is 0 Å². The molecular weight excluding hydrogens is 278 g/mol. The predicted octanol–water partition coefficient (Wildman–Crippen LogP) is 1.76. The van der Waals surface area contributed by atoms with Gasteiger partial charge in [-0.2, -0.15) is 0 Å². The zero-order chi connectivity index (χ0) is 15.4. The minimum Gasteiger partial charge on any atom is -0.366 e. The van der Waals surface area contributed by atoms with Gasteiger partial charge >= 0.3 is 0 Å². The van der Waals surface area contributed by atoms with Gasteiger partial charge in [-0.1, -0.05) is 0 Å². The van der Waals surface area contributed by atoms with Crippen LogP contribution in [0.2, 0.25) is 0 Å². The standard InChI is InChI=1S/C16H19N5O/c1-21(9-6-12-4-7-17-8-5-12)16(22)14-10-19-15(11-18-14)20-13-2-3-13/h4-5,7-8,10-11,13H,2-3,6,9H2,1H3,(H,19,20). The molecule has 1 saturated carbocycles.